The Bertz CT molecular complexity index is 727. The highest BCUT2D eigenvalue weighted by atomic mass is 16.6. The van der Waals surface area contributed by atoms with E-state index < -0.39 is 5.97 Å². The van der Waals surface area contributed by atoms with Crippen LogP contribution >= 0.6 is 0 Å². The first-order valence-electron chi connectivity index (χ1n) is 7.64. The Morgan fingerprint density at radius 1 is 0.917 bits per heavy atom. The minimum atomic E-state index is -0.433. The molecule has 0 saturated carbocycles. The molecule has 0 radical (unpaired) electrons. The molecule has 0 aliphatic heterocycles. The summed E-state index contributed by atoms with van der Waals surface area (Å²) in [5, 5.41) is 0. The number of rotatable bonds is 7. The van der Waals surface area contributed by atoms with Gasteiger partial charge in [0.15, 0.2) is 5.78 Å². The number of hydrogen-bond donors (Lipinski definition) is 0. The average Bonchev–Trinajstić information content (AvgIpc) is 2.59. The number of ketones is 1. The fourth-order valence-electron chi connectivity index (χ4n) is 1.99. The van der Waals surface area contributed by atoms with Gasteiger partial charge in [-0.2, -0.15) is 0 Å². The summed E-state index contributed by atoms with van der Waals surface area (Å²) >= 11 is 0. The molecule has 124 valence electrons. The van der Waals surface area contributed by atoms with Gasteiger partial charge in [0.25, 0.3) is 0 Å². The lowest BCUT2D eigenvalue weighted by molar-refractivity contribution is -0.139. The SMILES string of the molecule is C=C(C)C(=O)OCCOc1ccc(C(=O)c2ccc(C)cc2)cc1. The van der Waals surface area contributed by atoms with Crippen molar-refractivity contribution in [3.8, 4) is 5.75 Å². The highest BCUT2D eigenvalue weighted by Crippen LogP contribution is 2.16. The second-order valence-corrected chi connectivity index (χ2v) is 5.48. The zero-order chi connectivity index (χ0) is 17.5. The van der Waals surface area contributed by atoms with Crippen molar-refractivity contribution in [1.82, 2.24) is 0 Å². The largest absolute Gasteiger partial charge is 0.490 e. The van der Waals surface area contributed by atoms with Crippen molar-refractivity contribution in [2.24, 2.45) is 0 Å². The molecule has 0 amide bonds. The summed E-state index contributed by atoms with van der Waals surface area (Å²) in [6, 6.07) is 14.4. The summed E-state index contributed by atoms with van der Waals surface area (Å²) in [7, 11) is 0. The van der Waals surface area contributed by atoms with E-state index in [2.05, 4.69) is 6.58 Å². The second kappa shape index (κ2) is 8.11. The predicted octanol–water partition coefficient (Wildman–Crippen LogP) is 3.72. The Morgan fingerprint density at radius 2 is 1.46 bits per heavy atom. The Labute approximate surface area is 141 Å². The van der Waals surface area contributed by atoms with Gasteiger partial charge in [0.05, 0.1) is 0 Å². The molecule has 4 heteroatoms. The average molecular weight is 324 g/mol. The smallest absolute Gasteiger partial charge is 0.333 e. The molecule has 2 aromatic rings. The standard InChI is InChI=1S/C20H20O4/c1-14(2)20(22)24-13-12-23-18-10-8-17(9-11-18)19(21)16-6-4-15(3)5-7-16/h4-11H,1,12-13H2,2-3H3. The van der Waals surface area contributed by atoms with E-state index >= 15 is 0 Å². The van der Waals surface area contributed by atoms with Gasteiger partial charge in [-0.25, -0.2) is 4.79 Å². The normalized spacial score (nSPS) is 10.1. The summed E-state index contributed by atoms with van der Waals surface area (Å²) < 4.78 is 10.4. The molecule has 2 rings (SSSR count). The topological polar surface area (TPSA) is 52.6 Å². The first-order valence-corrected chi connectivity index (χ1v) is 7.64. The molecule has 0 bridgehead atoms. The van der Waals surface area contributed by atoms with E-state index in [0.29, 0.717) is 22.4 Å². The van der Waals surface area contributed by atoms with Crippen LogP contribution in [-0.2, 0) is 9.53 Å². The lowest BCUT2D eigenvalue weighted by atomic mass is 10.0. The maximum atomic E-state index is 12.4. The Balaban J connectivity index is 1.88. The van der Waals surface area contributed by atoms with Crippen molar-refractivity contribution in [3.05, 3.63) is 77.4 Å². The van der Waals surface area contributed by atoms with Crippen LogP contribution in [0.25, 0.3) is 0 Å². The molecule has 0 N–H and O–H groups in total. The van der Waals surface area contributed by atoms with Gasteiger partial charge < -0.3 is 9.47 Å². The summed E-state index contributed by atoms with van der Waals surface area (Å²) in [6.07, 6.45) is 0. The van der Waals surface area contributed by atoms with Crippen molar-refractivity contribution in [1.29, 1.82) is 0 Å². The van der Waals surface area contributed by atoms with E-state index in [9.17, 15) is 9.59 Å². The van der Waals surface area contributed by atoms with Gasteiger partial charge in [-0.3, -0.25) is 4.79 Å². The van der Waals surface area contributed by atoms with Gasteiger partial charge in [-0.15, -0.1) is 0 Å². The third kappa shape index (κ3) is 4.81. The second-order valence-electron chi connectivity index (χ2n) is 5.48. The molecule has 4 nitrogen and oxygen atoms in total. The van der Waals surface area contributed by atoms with E-state index in [0.717, 1.165) is 5.56 Å². The molecule has 24 heavy (non-hydrogen) atoms. The minimum Gasteiger partial charge on any atom is -0.490 e. The predicted molar refractivity (Wildman–Crippen MR) is 92.3 cm³/mol. The van der Waals surface area contributed by atoms with E-state index in [4.69, 9.17) is 9.47 Å². The molecule has 0 saturated heterocycles. The molecule has 0 aliphatic rings. The number of carbonyl (C=O) groups excluding carboxylic acids is 2. The number of esters is 1. The highest BCUT2D eigenvalue weighted by Gasteiger charge is 2.09. The summed E-state index contributed by atoms with van der Waals surface area (Å²) in [6.45, 7) is 7.46. The first kappa shape index (κ1) is 17.5. The highest BCUT2D eigenvalue weighted by molar-refractivity contribution is 6.09. The molecule has 0 aliphatic carbocycles. The maximum absolute atomic E-state index is 12.4. The fourth-order valence-corrected chi connectivity index (χ4v) is 1.99. The van der Waals surface area contributed by atoms with Gasteiger partial charge in [-0.05, 0) is 38.1 Å². The van der Waals surface area contributed by atoms with Gasteiger partial charge in [0.1, 0.15) is 19.0 Å². The molecular formula is C20H20O4. The van der Waals surface area contributed by atoms with Crippen LogP contribution in [0.1, 0.15) is 28.4 Å². The van der Waals surface area contributed by atoms with Crippen LogP contribution < -0.4 is 4.74 Å². The zero-order valence-electron chi connectivity index (χ0n) is 13.9. The monoisotopic (exact) mass is 324 g/mol. The summed E-state index contributed by atoms with van der Waals surface area (Å²) in [5.41, 5.74) is 2.72. The van der Waals surface area contributed by atoms with Crippen LogP contribution in [-0.4, -0.2) is 25.0 Å². The Kier molecular flexibility index (Phi) is 5.90. The van der Waals surface area contributed by atoms with Crippen LogP contribution in [0.2, 0.25) is 0 Å². The first-order chi connectivity index (χ1) is 11.5. The van der Waals surface area contributed by atoms with Crippen LogP contribution in [0.15, 0.2) is 60.7 Å². The fraction of sp³-hybridized carbons (Fsp3) is 0.200. The Morgan fingerprint density at radius 3 is 2.00 bits per heavy atom. The van der Waals surface area contributed by atoms with E-state index in [1.165, 1.54) is 0 Å². The molecule has 2 aromatic carbocycles. The molecule has 0 heterocycles. The van der Waals surface area contributed by atoms with Crippen molar-refractivity contribution in [2.75, 3.05) is 13.2 Å². The molecular weight excluding hydrogens is 304 g/mol. The van der Waals surface area contributed by atoms with Crippen LogP contribution in [0, 0.1) is 6.92 Å². The quantitative estimate of drug-likeness (QED) is 0.337. The molecule has 0 unspecified atom stereocenters. The van der Waals surface area contributed by atoms with Gasteiger partial charge in [-0.1, -0.05) is 36.4 Å². The van der Waals surface area contributed by atoms with Gasteiger partial charge in [0.2, 0.25) is 0 Å². The third-order valence-corrected chi connectivity index (χ3v) is 3.36. The minimum absolute atomic E-state index is 0.0306. The number of benzene rings is 2. The number of carbonyl (C=O) groups is 2. The van der Waals surface area contributed by atoms with E-state index in [-0.39, 0.29) is 19.0 Å². The van der Waals surface area contributed by atoms with Crippen molar-refractivity contribution < 1.29 is 19.1 Å². The Hall–Kier alpha value is -2.88. The molecule has 0 aromatic heterocycles. The molecule has 0 fully saturated rings. The zero-order valence-corrected chi connectivity index (χ0v) is 13.9. The van der Waals surface area contributed by atoms with Crippen molar-refractivity contribution in [3.63, 3.8) is 0 Å². The molecule has 0 atom stereocenters. The van der Waals surface area contributed by atoms with E-state index in [1.54, 1.807) is 31.2 Å². The lowest BCUT2D eigenvalue weighted by Gasteiger charge is -2.08. The van der Waals surface area contributed by atoms with Crippen LogP contribution in [0.4, 0.5) is 0 Å². The third-order valence-electron chi connectivity index (χ3n) is 3.36. The van der Waals surface area contributed by atoms with Crippen molar-refractivity contribution in [2.45, 2.75) is 13.8 Å². The van der Waals surface area contributed by atoms with Crippen LogP contribution in [0.5, 0.6) is 5.75 Å². The summed E-state index contributed by atoms with van der Waals surface area (Å²) in [5.74, 6) is 0.149. The van der Waals surface area contributed by atoms with Crippen LogP contribution in [0.3, 0.4) is 0 Å². The number of hydrogen-bond acceptors (Lipinski definition) is 4. The summed E-state index contributed by atoms with van der Waals surface area (Å²) in [4.78, 5) is 23.6. The maximum Gasteiger partial charge on any atom is 0.333 e. The van der Waals surface area contributed by atoms with Gasteiger partial charge in [0, 0.05) is 16.7 Å². The van der Waals surface area contributed by atoms with Crippen molar-refractivity contribution >= 4 is 11.8 Å². The molecule has 0 spiro atoms. The lowest BCUT2D eigenvalue weighted by Crippen LogP contribution is -2.12. The van der Waals surface area contributed by atoms with Gasteiger partial charge >= 0.3 is 5.97 Å². The number of ether oxygens (including phenoxy) is 2. The number of aryl methyl sites for hydroxylation is 1. The van der Waals surface area contributed by atoms with E-state index in [1.807, 2.05) is 31.2 Å².